The lowest BCUT2D eigenvalue weighted by molar-refractivity contribution is -0.131. The van der Waals surface area contributed by atoms with Crippen molar-refractivity contribution < 1.29 is 4.79 Å². The molecule has 0 aromatic carbocycles. The number of fused-ring (bicyclic) bond motifs is 1. The first-order chi connectivity index (χ1) is 9.56. The van der Waals surface area contributed by atoms with E-state index >= 15 is 0 Å². The Labute approximate surface area is 118 Å². The summed E-state index contributed by atoms with van der Waals surface area (Å²) in [6, 6.07) is 1.53. The fraction of sp³-hybridized carbons (Fsp3) is 0.538. The van der Waals surface area contributed by atoms with E-state index in [0.29, 0.717) is 18.9 Å². The number of anilines is 1. The Hall–Kier alpha value is -2.18. The third kappa shape index (κ3) is 2.71. The molecule has 0 aliphatic rings. The summed E-state index contributed by atoms with van der Waals surface area (Å²) in [5, 5.41) is 7.30. The summed E-state index contributed by atoms with van der Waals surface area (Å²) in [5.74, 6) is 1.31. The fourth-order valence-electron chi connectivity index (χ4n) is 2.13. The van der Waals surface area contributed by atoms with Gasteiger partial charge >= 0.3 is 0 Å². The lowest BCUT2D eigenvalue weighted by Gasteiger charge is -2.24. The number of hydrogen-bond acceptors (Lipinski definition) is 5. The lowest BCUT2D eigenvalue weighted by Crippen LogP contribution is -2.41. The first-order valence-electron chi connectivity index (χ1n) is 6.79. The van der Waals surface area contributed by atoms with Gasteiger partial charge in [0.15, 0.2) is 0 Å². The van der Waals surface area contributed by atoms with Gasteiger partial charge in [-0.05, 0) is 27.7 Å². The minimum absolute atomic E-state index is 0.0673. The number of amides is 1. The highest BCUT2D eigenvalue weighted by Crippen LogP contribution is 2.12. The van der Waals surface area contributed by atoms with E-state index in [1.54, 1.807) is 9.42 Å². The molecule has 0 saturated heterocycles. The third-order valence-corrected chi connectivity index (χ3v) is 3.19. The number of nitrogens with one attached hydrogen (secondary N) is 1. The predicted molar refractivity (Wildman–Crippen MR) is 76.5 cm³/mol. The van der Waals surface area contributed by atoms with Crippen LogP contribution in [0.15, 0.2) is 12.4 Å². The van der Waals surface area contributed by atoms with Crippen LogP contribution >= 0.6 is 0 Å². The maximum absolute atomic E-state index is 12.3. The zero-order chi connectivity index (χ0) is 14.7. The molecule has 0 radical (unpaired) electrons. The van der Waals surface area contributed by atoms with E-state index in [2.05, 4.69) is 20.4 Å². The van der Waals surface area contributed by atoms with Gasteiger partial charge in [0.2, 0.25) is 5.91 Å². The number of nitrogens with zero attached hydrogens (tertiary/aromatic N) is 5. The van der Waals surface area contributed by atoms with Crippen LogP contribution in [0.4, 0.5) is 5.82 Å². The van der Waals surface area contributed by atoms with E-state index in [9.17, 15) is 4.79 Å². The topological polar surface area (TPSA) is 75.4 Å². The van der Waals surface area contributed by atoms with Crippen molar-refractivity contribution in [2.75, 3.05) is 18.4 Å². The van der Waals surface area contributed by atoms with Crippen molar-refractivity contribution in [2.24, 2.45) is 0 Å². The van der Waals surface area contributed by atoms with Gasteiger partial charge < -0.3 is 10.2 Å². The maximum Gasteiger partial charge on any atom is 0.254 e. The maximum atomic E-state index is 12.3. The predicted octanol–water partition coefficient (Wildman–Crippen LogP) is 1.10. The summed E-state index contributed by atoms with van der Waals surface area (Å²) >= 11 is 0. The van der Waals surface area contributed by atoms with Crippen molar-refractivity contribution in [3.63, 3.8) is 0 Å². The Morgan fingerprint density at radius 3 is 2.80 bits per heavy atom. The van der Waals surface area contributed by atoms with Gasteiger partial charge in [0.05, 0.1) is 0 Å². The normalized spacial score (nSPS) is 12.4. The Morgan fingerprint density at radius 2 is 2.15 bits per heavy atom. The molecular weight excluding hydrogens is 256 g/mol. The molecule has 0 aliphatic heterocycles. The van der Waals surface area contributed by atoms with E-state index in [1.807, 2.05) is 33.8 Å². The van der Waals surface area contributed by atoms with Crippen LogP contribution in [0.3, 0.4) is 0 Å². The van der Waals surface area contributed by atoms with Crippen molar-refractivity contribution in [2.45, 2.75) is 33.7 Å². The molecule has 0 spiro atoms. The van der Waals surface area contributed by atoms with Gasteiger partial charge in [-0.3, -0.25) is 4.79 Å². The molecule has 1 atom stereocenters. The van der Waals surface area contributed by atoms with Gasteiger partial charge in [0, 0.05) is 24.8 Å². The third-order valence-electron chi connectivity index (χ3n) is 3.19. The van der Waals surface area contributed by atoms with Crippen LogP contribution < -0.4 is 5.32 Å². The Balaban J connectivity index is 2.23. The second-order valence-electron chi connectivity index (χ2n) is 4.63. The number of hydrogen-bond donors (Lipinski definition) is 1. The van der Waals surface area contributed by atoms with Crippen molar-refractivity contribution in [1.82, 2.24) is 24.5 Å². The second-order valence-corrected chi connectivity index (χ2v) is 4.63. The Kier molecular flexibility index (Phi) is 4.16. The van der Waals surface area contributed by atoms with Gasteiger partial charge in [0.1, 0.15) is 18.2 Å². The van der Waals surface area contributed by atoms with Crippen LogP contribution in [0, 0.1) is 6.92 Å². The van der Waals surface area contributed by atoms with E-state index in [-0.39, 0.29) is 11.9 Å². The summed E-state index contributed by atoms with van der Waals surface area (Å²) in [4.78, 5) is 22.4. The molecule has 2 aromatic heterocycles. The van der Waals surface area contributed by atoms with Crippen molar-refractivity contribution in [1.29, 1.82) is 0 Å². The highest BCUT2D eigenvalue weighted by molar-refractivity contribution is 5.84. The summed E-state index contributed by atoms with van der Waals surface area (Å²) in [6.07, 6.45) is 1.45. The molecular formula is C13H20N6O. The molecule has 20 heavy (non-hydrogen) atoms. The van der Waals surface area contributed by atoms with Crippen molar-refractivity contribution >= 4 is 17.5 Å². The van der Waals surface area contributed by atoms with Crippen LogP contribution in [-0.2, 0) is 4.79 Å². The first kappa shape index (κ1) is 14.2. The molecule has 2 heterocycles. The van der Waals surface area contributed by atoms with E-state index in [4.69, 9.17) is 0 Å². The molecule has 0 saturated carbocycles. The second kappa shape index (κ2) is 5.85. The quantitative estimate of drug-likeness (QED) is 0.885. The molecule has 108 valence electrons. The molecule has 7 heteroatoms. The number of carbonyl (C=O) groups is 1. The van der Waals surface area contributed by atoms with Gasteiger partial charge in [-0.25, -0.2) is 4.98 Å². The fourth-order valence-corrected chi connectivity index (χ4v) is 2.13. The van der Waals surface area contributed by atoms with Crippen molar-refractivity contribution in [3.8, 4) is 0 Å². The molecule has 0 bridgehead atoms. The molecule has 1 amide bonds. The summed E-state index contributed by atoms with van der Waals surface area (Å²) < 4.78 is 1.60. The number of aryl methyl sites for hydroxylation is 1. The number of rotatable bonds is 5. The zero-order valence-electron chi connectivity index (χ0n) is 12.3. The van der Waals surface area contributed by atoms with Crippen LogP contribution in [0.2, 0.25) is 0 Å². The number of likely N-dealkylation sites (N-methyl/N-ethyl adjacent to an activating group) is 1. The summed E-state index contributed by atoms with van der Waals surface area (Å²) in [5.41, 5.74) is 0.829. The summed E-state index contributed by atoms with van der Waals surface area (Å²) in [7, 11) is 0. The van der Waals surface area contributed by atoms with Gasteiger partial charge in [-0.1, -0.05) is 0 Å². The van der Waals surface area contributed by atoms with Crippen LogP contribution in [-0.4, -0.2) is 49.5 Å². The Morgan fingerprint density at radius 1 is 1.45 bits per heavy atom. The van der Waals surface area contributed by atoms with E-state index in [1.165, 1.54) is 6.33 Å². The average molecular weight is 276 g/mol. The van der Waals surface area contributed by atoms with E-state index in [0.717, 1.165) is 11.5 Å². The molecule has 7 nitrogen and oxygen atoms in total. The monoisotopic (exact) mass is 276 g/mol. The lowest BCUT2D eigenvalue weighted by atomic mass is 10.2. The Bertz CT molecular complexity index is 604. The van der Waals surface area contributed by atoms with E-state index < -0.39 is 0 Å². The van der Waals surface area contributed by atoms with Crippen LogP contribution in [0.25, 0.3) is 5.78 Å². The molecule has 2 aromatic rings. The van der Waals surface area contributed by atoms with Gasteiger partial charge in [-0.15, -0.1) is 0 Å². The number of aromatic nitrogens is 4. The molecule has 0 fully saturated rings. The highest BCUT2D eigenvalue weighted by atomic mass is 16.2. The van der Waals surface area contributed by atoms with Gasteiger partial charge in [0.25, 0.3) is 5.78 Å². The smallest absolute Gasteiger partial charge is 0.254 e. The van der Waals surface area contributed by atoms with Crippen LogP contribution in [0.5, 0.6) is 0 Å². The SMILES string of the molecule is CCN(CC)C(=O)C(C)Nc1cc(C)nc2ncnn12. The standard InChI is InChI=1S/C13H20N6O/c1-5-18(6-2)12(20)10(4)17-11-7-9(3)16-13-14-8-15-19(11)13/h7-8,10,17H,5-6H2,1-4H3. The van der Waals surface area contributed by atoms with Crippen molar-refractivity contribution in [3.05, 3.63) is 18.1 Å². The zero-order valence-corrected chi connectivity index (χ0v) is 12.3. The minimum Gasteiger partial charge on any atom is -0.358 e. The molecule has 1 N–H and O–H groups in total. The summed E-state index contributed by atoms with van der Waals surface area (Å²) in [6.45, 7) is 9.08. The molecule has 2 rings (SSSR count). The van der Waals surface area contributed by atoms with Crippen LogP contribution in [0.1, 0.15) is 26.5 Å². The molecule has 0 aliphatic carbocycles. The average Bonchev–Trinajstić information content (AvgIpc) is 2.88. The first-order valence-corrected chi connectivity index (χ1v) is 6.79. The largest absolute Gasteiger partial charge is 0.358 e. The molecule has 1 unspecified atom stereocenters. The highest BCUT2D eigenvalue weighted by Gasteiger charge is 2.19. The van der Waals surface area contributed by atoms with Gasteiger partial charge in [-0.2, -0.15) is 14.6 Å². The minimum atomic E-state index is -0.330. The number of carbonyl (C=O) groups excluding carboxylic acids is 1.